The average molecular weight is 353 g/mol. The maximum absolute atomic E-state index is 12.4. The lowest BCUT2D eigenvalue weighted by Gasteiger charge is -2.10. The van der Waals surface area contributed by atoms with Gasteiger partial charge >= 0.3 is 18.1 Å². The van der Waals surface area contributed by atoms with Crippen molar-refractivity contribution in [1.29, 1.82) is 0 Å². The predicted molar refractivity (Wildman–Crippen MR) is 76.7 cm³/mol. The topological polar surface area (TPSA) is 52.6 Å². The summed E-state index contributed by atoms with van der Waals surface area (Å²) in [5.74, 6) is -1.66. The molecule has 0 saturated heterocycles. The summed E-state index contributed by atoms with van der Waals surface area (Å²) in [5.41, 5.74) is -1.08. The van der Waals surface area contributed by atoms with Crippen LogP contribution in [0.2, 0.25) is 0 Å². The highest BCUT2D eigenvalue weighted by Crippen LogP contribution is 2.29. The Bertz CT molecular complexity index is 541. The minimum absolute atomic E-state index is 0.181. The van der Waals surface area contributed by atoms with Crippen molar-refractivity contribution in [2.24, 2.45) is 5.92 Å². The van der Waals surface area contributed by atoms with E-state index in [-0.39, 0.29) is 5.56 Å². The Morgan fingerprint density at radius 3 is 2.13 bits per heavy atom. The molecule has 0 aliphatic rings. The predicted octanol–water partition coefficient (Wildman–Crippen LogP) is 4.36. The van der Waals surface area contributed by atoms with Crippen LogP contribution in [0.1, 0.15) is 42.6 Å². The Morgan fingerprint density at radius 1 is 1.09 bits per heavy atom. The molecule has 4 nitrogen and oxygen atoms in total. The van der Waals surface area contributed by atoms with E-state index in [1.165, 1.54) is 0 Å². The number of hydrogen-bond donors (Lipinski definition) is 0. The summed E-state index contributed by atoms with van der Waals surface area (Å²) in [5, 5.41) is -0.960. The Kier molecular flexibility index (Phi) is 6.87. The van der Waals surface area contributed by atoms with Crippen molar-refractivity contribution in [3.05, 3.63) is 35.4 Å². The summed E-state index contributed by atoms with van der Waals surface area (Å²) in [6.45, 7) is 3.92. The van der Waals surface area contributed by atoms with Crippen LogP contribution >= 0.6 is 11.6 Å². The van der Waals surface area contributed by atoms with Crippen molar-refractivity contribution < 1.29 is 32.5 Å². The highest BCUT2D eigenvalue weighted by molar-refractivity contribution is 6.29. The van der Waals surface area contributed by atoms with Gasteiger partial charge in [-0.1, -0.05) is 13.8 Å². The van der Waals surface area contributed by atoms with Crippen LogP contribution in [0, 0.1) is 5.92 Å². The molecule has 0 aromatic heterocycles. The fourth-order valence-electron chi connectivity index (χ4n) is 1.57. The van der Waals surface area contributed by atoms with Gasteiger partial charge in [0.15, 0.2) is 0 Å². The second kappa shape index (κ2) is 8.19. The standard InChI is InChI=1S/C15H16ClF3O4/c1-9(2)3-8-12(16)14(21)23-22-13(20)10-4-6-11(7-5-10)15(17,18)19/h4-7,9,12H,3,8H2,1-2H3. The lowest BCUT2D eigenvalue weighted by molar-refractivity contribution is -0.233. The first-order valence-electron chi connectivity index (χ1n) is 6.85. The first-order chi connectivity index (χ1) is 10.6. The molecule has 1 aromatic carbocycles. The molecular weight excluding hydrogens is 337 g/mol. The summed E-state index contributed by atoms with van der Waals surface area (Å²) in [6, 6.07) is 3.31. The second-order valence-corrected chi connectivity index (χ2v) is 5.81. The second-order valence-electron chi connectivity index (χ2n) is 5.29. The molecule has 0 saturated carbocycles. The summed E-state index contributed by atoms with van der Waals surface area (Å²) < 4.78 is 37.2. The van der Waals surface area contributed by atoms with Crippen LogP contribution in [0.4, 0.5) is 13.2 Å². The molecule has 0 N–H and O–H groups in total. The van der Waals surface area contributed by atoms with Crippen LogP contribution in [0.3, 0.4) is 0 Å². The Balaban J connectivity index is 2.52. The minimum atomic E-state index is -4.50. The smallest absolute Gasteiger partial charge is 0.246 e. The van der Waals surface area contributed by atoms with Crippen molar-refractivity contribution in [2.75, 3.05) is 0 Å². The first-order valence-corrected chi connectivity index (χ1v) is 7.29. The molecule has 0 heterocycles. The van der Waals surface area contributed by atoms with Crippen LogP contribution in [-0.4, -0.2) is 17.3 Å². The largest absolute Gasteiger partial charge is 0.416 e. The van der Waals surface area contributed by atoms with Gasteiger partial charge in [-0.2, -0.15) is 13.2 Å². The molecule has 0 aliphatic carbocycles. The van der Waals surface area contributed by atoms with Crippen LogP contribution in [0.25, 0.3) is 0 Å². The lowest BCUT2D eigenvalue weighted by atomic mass is 10.1. The number of rotatable bonds is 5. The van der Waals surface area contributed by atoms with Crippen molar-refractivity contribution in [3.8, 4) is 0 Å². The van der Waals surface area contributed by atoms with Crippen LogP contribution in [-0.2, 0) is 20.7 Å². The Morgan fingerprint density at radius 2 is 1.65 bits per heavy atom. The van der Waals surface area contributed by atoms with Gasteiger partial charge in [0, 0.05) is 0 Å². The molecule has 0 bridgehead atoms. The lowest BCUT2D eigenvalue weighted by Crippen LogP contribution is -2.20. The van der Waals surface area contributed by atoms with E-state index in [1.54, 1.807) is 0 Å². The first kappa shape index (κ1) is 19.3. The number of carbonyl (C=O) groups excluding carboxylic acids is 2. The van der Waals surface area contributed by atoms with Gasteiger partial charge in [-0.3, -0.25) is 0 Å². The van der Waals surface area contributed by atoms with Gasteiger partial charge in [-0.15, -0.1) is 11.6 Å². The monoisotopic (exact) mass is 352 g/mol. The fourth-order valence-corrected chi connectivity index (χ4v) is 1.73. The molecule has 23 heavy (non-hydrogen) atoms. The number of alkyl halides is 4. The zero-order valence-corrected chi connectivity index (χ0v) is 13.3. The van der Waals surface area contributed by atoms with Gasteiger partial charge in [0.25, 0.3) is 0 Å². The van der Waals surface area contributed by atoms with Crippen molar-refractivity contribution in [1.82, 2.24) is 0 Å². The van der Waals surface area contributed by atoms with Gasteiger partial charge in [-0.05, 0) is 43.0 Å². The average Bonchev–Trinajstić information content (AvgIpc) is 2.49. The van der Waals surface area contributed by atoms with Gasteiger partial charge in [0.1, 0.15) is 5.38 Å². The number of halogens is 4. The van der Waals surface area contributed by atoms with E-state index in [2.05, 4.69) is 9.78 Å². The maximum Gasteiger partial charge on any atom is 0.416 e. The SMILES string of the molecule is CC(C)CCC(Cl)C(=O)OOC(=O)c1ccc(C(F)(F)F)cc1. The zero-order chi connectivity index (χ0) is 17.6. The number of carbonyl (C=O) groups is 2. The normalized spacial score (nSPS) is 12.8. The highest BCUT2D eigenvalue weighted by Gasteiger charge is 2.30. The van der Waals surface area contributed by atoms with Crippen LogP contribution < -0.4 is 0 Å². The summed E-state index contributed by atoms with van der Waals surface area (Å²) in [6.07, 6.45) is -3.46. The molecule has 0 spiro atoms. The van der Waals surface area contributed by atoms with E-state index in [4.69, 9.17) is 11.6 Å². The molecule has 1 atom stereocenters. The Hall–Kier alpha value is -1.76. The van der Waals surface area contributed by atoms with E-state index < -0.39 is 29.1 Å². The molecule has 8 heteroatoms. The molecule has 0 amide bonds. The van der Waals surface area contributed by atoms with Crippen LogP contribution in [0.15, 0.2) is 24.3 Å². The third-order valence-electron chi connectivity index (χ3n) is 2.90. The van der Waals surface area contributed by atoms with Crippen molar-refractivity contribution in [2.45, 2.75) is 38.2 Å². The summed E-state index contributed by atoms with van der Waals surface area (Å²) in [7, 11) is 0. The molecule has 128 valence electrons. The third-order valence-corrected chi connectivity index (χ3v) is 3.30. The summed E-state index contributed by atoms with van der Waals surface area (Å²) >= 11 is 5.78. The van der Waals surface area contributed by atoms with E-state index in [0.29, 0.717) is 18.8 Å². The minimum Gasteiger partial charge on any atom is -0.246 e. The van der Waals surface area contributed by atoms with E-state index >= 15 is 0 Å². The van der Waals surface area contributed by atoms with Crippen LogP contribution in [0.5, 0.6) is 0 Å². The molecule has 1 rings (SSSR count). The Labute approximate surface area is 136 Å². The van der Waals surface area contributed by atoms with E-state index in [1.807, 2.05) is 13.8 Å². The third kappa shape index (κ3) is 6.48. The maximum atomic E-state index is 12.4. The molecule has 1 aromatic rings. The van der Waals surface area contributed by atoms with Crippen molar-refractivity contribution in [3.63, 3.8) is 0 Å². The van der Waals surface area contributed by atoms with Crippen molar-refractivity contribution >= 4 is 23.5 Å². The number of hydrogen-bond acceptors (Lipinski definition) is 4. The fraction of sp³-hybridized carbons (Fsp3) is 0.467. The molecule has 0 radical (unpaired) electrons. The van der Waals surface area contributed by atoms with Gasteiger partial charge in [-0.25, -0.2) is 19.4 Å². The molecular formula is C15H16ClF3O4. The summed E-state index contributed by atoms with van der Waals surface area (Å²) in [4.78, 5) is 31.7. The number of benzene rings is 1. The van der Waals surface area contributed by atoms with E-state index in [0.717, 1.165) is 24.3 Å². The van der Waals surface area contributed by atoms with Gasteiger partial charge in [0.2, 0.25) is 0 Å². The highest BCUT2D eigenvalue weighted by atomic mass is 35.5. The van der Waals surface area contributed by atoms with E-state index in [9.17, 15) is 22.8 Å². The molecule has 0 fully saturated rings. The van der Waals surface area contributed by atoms with Gasteiger partial charge in [0.05, 0.1) is 11.1 Å². The molecule has 1 unspecified atom stereocenters. The van der Waals surface area contributed by atoms with Gasteiger partial charge < -0.3 is 0 Å². The quantitative estimate of drug-likeness (QED) is 0.449. The molecule has 0 aliphatic heterocycles. The zero-order valence-electron chi connectivity index (χ0n) is 12.5.